The topological polar surface area (TPSA) is 84.2 Å². The molecule has 4 unspecified atom stereocenters. The maximum Gasteiger partial charge on any atom is 0.223 e. The number of carbonyl (C=O) groups is 2. The number of nitrogens with one attached hydrogen (secondary N) is 2. The Morgan fingerprint density at radius 1 is 0.885 bits per heavy atom. The second kappa shape index (κ2) is 9.41. The fraction of sp³-hybridized carbons (Fsp3) is 0.900. The molecule has 0 aromatic carbocycles. The molecule has 0 spiro atoms. The number of nitrogens with two attached hydrogens (primary N) is 1. The van der Waals surface area contributed by atoms with Crippen LogP contribution in [0.25, 0.3) is 0 Å². The van der Waals surface area contributed by atoms with Gasteiger partial charge in [-0.05, 0) is 70.6 Å². The van der Waals surface area contributed by atoms with Gasteiger partial charge in [0.05, 0.1) is 0 Å². The fourth-order valence-corrected chi connectivity index (χ4v) is 5.28. The van der Waals surface area contributed by atoms with Crippen LogP contribution >= 0.6 is 12.4 Å². The molecule has 6 heteroatoms. The molecule has 2 bridgehead atoms. The van der Waals surface area contributed by atoms with Crippen molar-refractivity contribution in [3.63, 3.8) is 0 Å². The zero-order valence-electron chi connectivity index (χ0n) is 16.2. The number of hydrogen-bond acceptors (Lipinski definition) is 3. The summed E-state index contributed by atoms with van der Waals surface area (Å²) in [6.45, 7) is 3.98. The van der Waals surface area contributed by atoms with Gasteiger partial charge in [-0.1, -0.05) is 12.8 Å². The summed E-state index contributed by atoms with van der Waals surface area (Å²) < 4.78 is 0. The largest absolute Gasteiger partial charge is 0.354 e. The molecule has 0 aliphatic heterocycles. The molecular weight excluding hydrogens is 350 g/mol. The Bertz CT molecular complexity index is 485. The fourth-order valence-electron chi connectivity index (χ4n) is 5.28. The van der Waals surface area contributed by atoms with Crippen LogP contribution in [0.3, 0.4) is 0 Å². The highest BCUT2D eigenvalue weighted by molar-refractivity contribution is 5.85. The molecule has 2 amide bonds. The molecule has 0 aromatic heterocycles. The summed E-state index contributed by atoms with van der Waals surface area (Å²) in [7, 11) is 0. The van der Waals surface area contributed by atoms with Gasteiger partial charge in [-0.25, -0.2) is 0 Å². The highest BCUT2D eigenvalue weighted by Gasteiger charge is 2.41. The van der Waals surface area contributed by atoms with Crippen LogP contribution in [0.1, 0.15) is 71.6 Å². The van der Waals surface area contributed by atoms with E-state index >= 15 is 0 Å². The van der Waals surface area contributed by atoms with Gasteiger partial charge in [0.1, 0.15) is 0 Å². The van der Waals surface area contributed by atoms with Gasteiger partial charge in [0.2, 0.25) is 11.8 Å². The van der Waals surface area contributed by atoms with Crippen LogP contribution in [0.4, 0.5) is 0 Å². The number of hydrogen-bond donors (Lipinski definition) is 3. The Morgan fingerprint density at radius 3 is 2.12 bits per heavy atom. The zero-order valence-corrected chi connectivity index (χ0v) is 17.0. The van der Waals surface area contributed by atoms with Gasteiger partial charge >= 0.3 is 0 Å². The van der Waals surface area contributed by atoms with Crippen LogP contribution in [-0.2, 0) is 9.59 Å². The molecular formula is C20H36ClN3O2. The van der Waals surface area contributed by atoms with E-state index in [9.17, 15) is 9.59 Å². The number of halogens is 1. The first-order valence-corrected chi connectivity index (χ1v) is 10.3. The first-order valence-electron chi connectivity index (χ1n) is 10.3. The molecule has 0 radical (unpaired) electrons. The summed E-state index contributed by atoms with van der Waals surface area (Å²) in [5, 5.41) is 6.29. The van der Waals surface area contributed by atoms with Crippen molar-refractivity contribution in [1.29, 1.82) is 0 Å². The lowest BCUT2D eigenvalue weighted by molar-refractivity contribution is -0.131. The van der Waals surface area contributed by atoms with E-state index in [0.717, 1.165) is 38.5 Å². The number of amides is 2. The van der Waals surface area contributed by atoms with Crippen LogP contribution in [0, 0.1) is 23.7 Å². The highest BCUT2D eigenvalue weighted by atomic mass is 35.5. The van der Waals surface area contributed by atoms with E-state index in [1.165, 1.54) is 19.3 Å². The second-order valence-electron chi connectivity index (χ2n) is 8.93. The standard InChI is InChI=1S/C20H35N3O2.ClH/c1-12(2)22-19(24)15-7-4-8-17(11-15)23-20(25)16-9-13-5-3-6-14(10-16)18(13)21;/h12-18H,3-11,21H2,1-2H3,(H,22,24)(H,23,25);1H. The third-order valence-electron chi connectivity index (χ3n) is 6.61. The van der Waals surface area contributed by atoms with E-state index in [2.05, 4.69) is 10.6 Å². The van der Waals surface area contributed by atoms with E-state index in [4.69, 9.17) is 5.73 Å². The quantitative estimate of drug-likeness (QED) is 0.695. The van der Waals surface area contributed by atoms with Crippen molar-refractivity contribution in [3.05, 3.63) is 0 Å². The van der Waals surface area contributed by atoms with Crippen LogP contribution < -0.4 is 16.4 Å². The first-order chi connectivity index (χ1) is 11.9. The molecule has 4 atom stereocenters. The Hall–Kier alpha value is -0.810. The number of rotatable bonds is 4. The van der Waals surface area contributed by atoms with Crippen molar-refractivity contribution < 1.29 is 9.59 Å². The lowest BCUT2D eigenvalue weighted by Gasteiger charge is -2.44. The van der Waals surface area contributed by atoms with Gasteiger partial charge in [-0.3, -0.25) is 9.59 Å². The highest BCUT2D eigenvalue weighted by Crippen LogP contribution is 2.42. The predicted octanol–water partition coefficient (Wildman–Crippen LogP) is 2.76. The van der Waals surface area contributed by atoms with E-state index in [0.29, 0.717) is 17.9 Å². The lowest BCUT2D eigenvalue weighted by Crippen LogP contribution is -2.51. The molecule has 5 nitrogen and oxygen atoms in total. The average molecular weight is 386 g/mol. The molecule has 3 aliphatic rings. The molecule has 0 heterocycles. The molecule has 4 N–H and O–H groups in total. The van der Waals surface area contributed by atoms with Crippen LogP contribution in [0.15, 0.2) is 0 Å². The van der Waals surface area contributed by atoms with Crippen LogP contribution in [-0.4, -0.2) is 29.9 Å². The summed E-state index contributed by atoms with van der Waals surface area (Å²) in [6.07, 6.45) is 9.27. The predicted molar refractivity (Wildman–Crippen MR) is 106 cm³/mol. The van der Waals surface area contributed by atoms with Gasteiger partial charge in [0, 0.05) is 30.0 Å². The lowest BCUT2D eigenvalue weighted by atomic mass is 9.65. The summed E-state index contributed by atoms with van der Waals surface area (Å²) in [5.74, 6) is 1.57. The van der Waals surface area contributed by atoms with E-state index in [-0.39, 0.29) is 48.1 Å². The minimum absolute atomic E-state index is 0. The maximum absolute atomic E-state index is 12.8. The third-order valence-corrected chi connectivity index (χ3v) is 6.61. The van der Waals surface area contributed by atoms with E-state index in [1.54, 1.807) is 0 Å². The summed E-state index contributed by atoms with van der Waals surface area (Å²) >= 11 is 0. The van der Waals surface area contributed by atoms with Crippen molar-refractivity contribution in [3.8, 4) is 0 Å². The smallest absolute Gasteiger partial charge is 0.223 e. The van der Waals surface area contributed by atoms with E-state index in [1.807, 2.05) is 13.8 Å². The molecule has 150 valence electrons. The van der Waals surface area contributed by atoms with Gasteiger partial charge in [-0.2, -0.15) is 0 Å². The molecule has 26 heavy (non-hydrogen) atoms. The van der Waals surface area contributed by atoms with Crippen LogP contribution in [0.2, 0.25) is 0 Å². The van der Waals surface area contributed by atoms with E-state index < -0.39 is 0 Å². The summed E-state index contributed by atoms with van der Waals surface area (Å²) in [4.78, 5) is 25.1. The number of fused-ring (bicyclic) bond motifs is 2. The van der Waals surface area contributed by atoms with Crippen molar-refractivity contribution in [2.24, 2.45) is 29.4 Å². The Morgan fingerprint density at radius 2 is 1.50 bits per heavy atom. The molecule has 3 aliphatic carbocycles. The SMILES string of the molecule is CC(C)NC(=O)C1CCCC(NC(=O)C2CC3CCCC(C2)C3N)C1.Cl. The van der Waals surface area contributed by atoms with Crippen molar-refractivity contribution in [2.45, 2.75) is 89.8 Å². The van der Waals surface area contributed by atoms with Crippen LogP contribution in [0.5, 0.6) is 0 Å². The monoisotopic (exact) mass is 385 g/mol. The zero-order chi connectivity index (χ0) is 18.0. The van der Waals surface area contributed by atoms with Gasteiger partial charge in [0.15, 0.2) is 0 Å². The van der Waals surface area contributed by atoms with Gasteiger partial charge in [0.25, 0.3) is 0 Å². The molecule has 3 rings (SSSR count). The Kier molecular flexibility index (Phi) is 7.77. The number of carbonyl (C=O) groups excluding carboxylic acids is 2. The summed E-state index contributed by atoms with van der Waals surface area (Å²) in [6, 6.07) is 0.629. The first kappa shape index (κ1) is 21.5. The normalized spacial score (nSPS) is 36.8. The van der Waals surface area contributed by atoms with Crippen molar-refractivity contribution in [2.75, 3.05) is 0 Å². The average Bonchev–Trinajstić information content (AvgIpc) is 2.54. The third kappa shape index (κ3) is 5.13. The minimum Gasteiger partial charge on any atom is -0.354 e. The second-order valence-corrected chi connectivity index (χ2v) is 8.93. The maximum atomic E-state index is 12.8. The van der Waals surface area contributed by atoms with Gasteiger partial charge < -0.3 is 16.4 Å². The van der Waals surface area contributed by atoms with Crippen molar-refractivity contribution in [1.82, 2.24) is 10.6 Å². The van der Waals surface area contributed by atoms with Crippen molar-refractivity contribution >= 4 is 24.2 Å². The Balaban J connectivity index is 0.00000243. The minimum atomic E-state index is 0. The molecule has 3 fully saturated rings. The molecule has 3 saturated carbocycles. The summed E-state index contributed by atoms with van der Waals surface area (Å²) in [5.41, 5.74) is 6.35. The van der Waals surface area contributed by atoms with Gasteiger partial charge in [-0.15, -0.1) is 12.4 Å². The molecule has 0 aromatic rings. The molecule has 0 saturated heterocycles. The Labute approximate surface area is 164 Å².